The molecule has 0 bridgehead atoms. The standard InChI is InChI=1S/C15H13Cl2F2N/c1-8-3-4-10(7-13(8)19)20-9(2)14-11(16)5-6-12(18)15(14)17/h3-7,9,20H,1-2H3. The highest BCUT2D eigenvalue weighted by molar-refractivity contribution is 6.36. The molecule has 20 heavy (non-hydrogen) atoms. The number of aryl methyl sites for hydroxylation is 1. The van der Waals surface area contributed by atoms with Crippen molar-refractivity contribution in [2.75, 3.05) is 5.32 Å². The highest BCUT2D eigenvalue weighted by Gasteiger charge is 2.17. The van der Waals surface area contributed by atoms with Crippen molar-refractivity contribution >= 4 is 28.9 Å². The third-order valence-corrected chi connectivity index (χ3v) is 3.78. The lowest BCUT2D eigenvalue weighted by atomic mass is 10.1. The molecule has 0 fully saturated rings. The smallest absolute Gasteiger partial charge is 0.142 e. The SMILES string of the molecule is Cc1ccc(NC(C)c2c(Cl)ccc(F)c2Cl)cc1F. The largest absolute Gasteiger partial charge is 0.378 e. The van der Waals surface area contributed by atoms with E-state index in [1.807, 2.05) is 0 Å². The Hall–Kier alpha value is -1.32. The molecular weight excluding hydrogens is 303 g/mol. The highest BCUT2D eigenvalue weighted by Crippen LogP contribution is 2.34. The van der Waals surface area contributed by atoms with Crippen LogP contribution in [0.1, 0.15) is 24.1 Å². The van der Waals surface area contributed by atoms with Crippen molar-refractivity contribution < 1.29 is 8.78 Å². The van der Waals surface area contributed by atoms with E-state index in [4.69, 9.17) is 23.2 Å². The summed E-state index contributed by atoms with van der Waals surface area (Å²) < 4.78 is 27.0. The van der Waals surface area contributed by atoms with E-state index in [1.54, 1.807) is 26.0 Å². The number of benzene rings is 2. The van der Waals surface area contributed by atoms with Crippen LogP contribution in [-0.4, -0.2) is 0 Å². The molecule has 0 aliphatic carbocycles. The lowest BCUT2D eigenvalue weighted by molar-refractivity contribution is 0.618. The topological polar surface area (TPSA) is 12.0 Å². The Morgan fingerprint density at radius 1 is 1.05 bits per heavy atom. The van der Waals surface area contributed by atoms with Crippen LogP contribution in [0, 0.1) is 18.6 Å². The number of nitrogens with one attached hydrogen (secondary N) is 1. The minimum Gasteiger partial charge on any atom is -0.378 e. The molecule has 1 N–H and O–H groups in total. The molecule has 0 saturated carbocycles. The molecular formula is C15H13Cl2F2N. The van der Waals surface area contributed by atoms with Gasteiger partial charge in [0.2, 0.25) is 0 Å². The minimum absolute atomic E-state index is 0.0231. The summed E-state index contributed by atoms with van der Waals surface area (Å²) in [5, 5.41) is 3.40. The van der Waals surface area contributed by atoms with Crippen LogP contribution in [0.25, 0.3) is 0 Å². The highest BCUT2D eigenvalue weighted by atomic mass is 35.5. The van der Waals surface area contributed by atoms with Crippen LogP contribution in [0.3, 0.4) is 0 Å². The van der Waals surface area contributed by atoms with Gasteiger partial charge in [0.05, 0.1) is 11.1 Å². The lowest BCUT2D eigenvalue weighted by Gasteiger charge is -2.19. The molecule has 1 nitrogen and oxygen atoms in total. The number of halogens is 4. The second-order valence-corrected chi connectivity index (χ2v) is 5.37. The van der Waals surface area contributed by atoms with Crippen LogP contribution in [0.4, 0.5) is 14.5 Å². The van der Waals surface area contributed by atoms with E-state index < -0.39 is 5.82 Å². The summed E-state index contributed by atoms with van der Waals surface area (Å²) in [4.78, 5) is 0. The molecule has 2 rings (SSSR count). The van der Waals surface area contributed by atoms with E-state index in [1.165, 1.54) is 18.2 Å². The van der Waals surface area contributed by atoms with E-state index in [-0.39, 0.29) is 16.9 Å². The molecule has 0 spiro atoms. The molecule has 0 amide bonds. The van der Waals surface area contributed by atoms with Gasteiger partial charge in [-0.2, -0.15) is 0 Å². The van der Waals surface area contributed by atoms with Gasteiger partial charge in [-0.3, -0.25) is 0 Å². The number of hydrogen-bond donors (Lipinski definition) is 1. The van der Waals surface area contributed by atoms with E-state index in [9.17, 15) is 8.78 Å². The monoisotopic (exact) mass is 315 g/mol. The normalized spacial score (nSPS) is 12.3. The number of anilines is 1. The number of hydrogen-bond acceptors (Lipinski definition) is 1. The average Bonchev–Trinajstić information content (AvgIpc) is 2.39. The molecule has 0 heterocycles. The van der Waals surface area contributed by atoms with Crippen LogP contribution in [0.15, 0.2) is 30.3 Å². The van der Waals surface area contributed by atoms with Crippen LogP contribution < -0.4 is 5.32 Å². The van der Waals surface area contributed by atoms with E-state index in [0.717, 1.165) is 0 Å². The molecule has 2 aromatic carbocycles. The predicted molar refractivity (Wildman–Crippen MR) is 79.6 cm³/mol. The van der Waals surface area contributed by atoms with Gasteiger partial charge in [-0.05, 0) is 43.7 Å². The van der Waals surface area contributed by atoms with E-state index in [2.05, 4.69) is 5.32 Å². The molecule has 0 aliphatic rings. The van der Waals surface area contributed by atoms with E-state index >= 15 is 0 Å². The molecule has 0 aliphatic heterocycles. The first-order chi connectivity index (χ1) is 9.40. The Morgan fingerprint density at radius 2 is 1.75 bits per heavy atom. The summed E-state index contributed by atoms with van der Waals surface area (Å²) in [5.41, 5.74) is 1.59. The third-order valence-electron chi connectivity index (χ3n) is 3.07. The fraction of sp³-hybridized carbons (Fsp3) is 0.200. The maximum atomic E-state index is 13.5. The zero-order valence-electron chi connectivity index (χ0n) is 11.0. The fourth-order valence-electron chi connectivity index (χ4n) is 1.94. The fourth-order valence-corrected chi connectivity index (χ4v) is 2.64. The molecule has 0 radical (unpaired) electrons. The molecule has 1 atom stereocenters. The molecule has 0 saturated heterocycles. The Morgan fingerprint density at radius 3 is 2.40 bits per heavy atom. The summed E-state index contributed by atoms with van der Waals surface area (Å²) in [6.45, 7) is 3.47. The van der Waals surface area contributed by atoms with Crippen LogP contribution in [0.5, 0.6) is 0 Å². The Bertz CT molecular complexity index is 644. The van der Waals surface area contributed by atoms with Crippen molar-refractivity contribution in [1.29, 1.82) is 0 Å². The number of rotatable bonds is 3. The molecule has 2 aromatic rings. The summed E-state index contributed by atoms with van der Waals surface area (Å²) >= 11 is 12.0. The van der Waals surface area contributed by atoms with Gasteiger partial charge < -0.3 is 5.32 Å². The van der Waals surface area contributed by atoms with Crippen molar-refractivity contribution in [1.82, 2.24) is 0 Å². The first kappa shape index (κ1) is 15.1. The zero-order valence-corrected chi connectivity index (χ0v) is 12.5. The molecule has 0 aromatic heterocycles. The van der Waals surface area contributed by atoms with Crippen molar-refractivity contribution in [3.63, 3.8) is 0 Å². The van der Waals surface area contributed by atoms with E-state index in [0.29, 0.717) is 21.8 Å². The lowest BCUT2D eigenvalue weighted by Crippen LogP contribution is -2.09. The van der Waals surface area contributed by atoms with Gasteiger partial charge in [-0.1, -0.05) is 29.3 Å². The van der Waals surface area contributed by atoms with Gasteiger partial charge >= 0.3 is 0 Å². The Kier molecular flexibility index (Phi) is 4.51. The predicted octanol–water partition coefficient (Wildman–Crippen LogP) is 5.75. The second kappa shape index (κ2) is 5.98. The van der Waals surface area contributed by atoms with Crippen molar-refractivity contribution in [2.24, 2.45) is 0 Å². The van der Waals surface area contributed by atoms with Gasteiger partial charge in [0.25, 0.3) is 0 Å². The van der Waals surface area contributed by atoms with Crippen molar-refractivity contribution in [3.05, 3.63) is 63.1 Å². The zero-order chi connectivity index (χ0) is 14.9. The van der Waals surface area contributed by atoms with Crippen LogP contribution in [0.2, 0.25) is 10.0 Å². The Balaban J connectivity index is 2.30. The van der Waals surface area contributed by atoms with Gasteiger partial charge in [-0.15, -0.1) is 0 Å². The minimum atomic E-state index is -0.533. The second-order valence-electron chi connectivity index (χ2n) is 4.59. The average molecular weight is 316 g/mol. The quantitative estimate of drug-likeness (QED) is 0.711. The van der Waals surface area contributed by atoms with Crippen LogP contribution >= 0.6 is 23.2 Å². The maximum Gasteiger partial charge on any atom is 0.142 e. The van der Waals surface area contributed by atoms with Gasteiger partial charge in [-0.25, -0.2) is 8.78 Å². The third kappa shape index (κ3) is 3.05. The molecule has 106 valence electrons. The molecule has 5 heteroatoms. The van der Waals surface area contributed by atoms with Gasteiger partial charge in [0, 0.05) is 16.3 Å². The summed E-state index contributed by atoms with van der Waals surface area (Å²) in [6, 6.07) is 7.11. The molecule has 1 unspecified atom stereocenters. The van der Waals surface area contributed by atoms with Crippen LogP contribution in [-0.2, 0) is 0 Å². The first-order valence-corrected chi connectivity index (χ1v) is 6.82. The van der Waals surface area contributed by atoms with Crippen molar-refractivity contribution in [2.45, 2.75) is 19.9 Å². The van der Waals surface area contributed by atoms with Gasteiger partial charge in [0.1, 0.15) is 11.6 Å². The summed E-state index contributed by atoms with van der Waals surface area (Å²) in [5.74, 6) is -0.839. The summed E-state index contributed by atoms with van der Waals surface area (Å²) in [6.07, 6.45) is 0. The Labute approximate surface area is 126 Å². The van der Waals surface area contributed by atoms with Gasteiger partial charge in [0.15, 0.2) is 0 Å². The summed E-state index contributed by atoms with van der Waals surface area (Å²) in [7, 11) is 0. The maximum absolute atomic E-state index is 13.5. The first-order valence-electron chi connectivity index (χ1n) is 6.06. The van der Waals surface area contributed by atoms with Crippen molar-refractivity contribution in [3.8, 4) is 0 Å².